The van der Waals surface area contributed by atoms with Crippen LogP contribution in [0.2, 0.25) is 0 Å². The van der Waals surface area contributed by atoms with Crippen LogP contribution in [0.5, 0.6) is 0 Å². The van der Waals surface area contributed by atoms with E-state index in [1.165, 1.54) is 17.8 Å². The minimum atomic E-state index is -0.387. The molecule has 1 radical (unpaired) electrons. The van der Waals surface area contributed by atoms with Gasteiger partial charge in [-0.1, -0.05) is 11.8 Å². The molecule has 15 heavy (non-hydrogen) atoms. The average molecular weight is 221 g/mol. The predicted octanol–water partition coefficient (Wildman–Crippen LogP) is 3.18. The maximum atomic E-state index is 10.6. The molecule has 0 fully saturated rings. The van der Waals surface area contributed by atoms with Crippen LogP contribution in [0.4, 0.5) is 11.4 Å². The van der Waals surface area contributed by atoms with Crippen molar-refractivity contribution in [2.45, 2.75) is 11.3 Å². The second kappa shape index (κ2) is 3.94. The average Bonchev–Trinajstić information content (AvgIpc) is 2.27. The molecule has 4 nitrogen and oxygen atoms in total. The summed E-state index contributed by atoms with van der Waals surface area (Å²) in [6.45, 7) is 3.78. The molecular weight excluding hydrogens is 212 g/mol. The van der Waals surface area contributed by atoms with Crippen LogP contribution in [0, 0.1) is 17.0 Å². The first-order valence-corrected chi connectivity index (χ1v) is 5.29. The Balaban J connectivity index is 2.33. The minimum Gasteiger partial charge on any atom is -0.358 e. The number of allylic oxidation sites excluding steroid dienone is 1. The van der Waals surface area contributed by atoms with Gasteiger partial charge in [-0.05, 0) is 24.8 Å². The first-order valence-electron chi connectivity index (χ1n) is 4.41. The van der Waals surface area contributed by atoms with E-state index in [2.05, 4.69) is 12.2 Å². The highest BCUT2D eigenvalue weighted by atomic mass is 32.2. The Morgan fingerprint density at radius 3 is 3.00 bits per heavy atom. The summed E-state index contributed by atoms with van der Waals surface area (Å²) in [5.41, 5.74) is 2.06. The number of non-ortho nitro benzene ring substituents is 1. The Labute approximate surface area is 91.5 Å². The molecule has 2 rings (SSSR count). The van der Waals surface area contributed by atoms with Gasteiger partial charge in [0.25, 0.3) is 5.69 Å². The van der Waals surface area contributed by atoms with Crippen molar-refractivity contribution >= 4 is 23.1 Å². The first-order chi connectivity index (χ1) is 7.20. The predicted molar refractivity (Wildman–Crippen MR) is 60.6 cm³/mol. The fraction of sp³-hybridized carbons (Fsp3) is 0.100. The maximum Gasteiger partial charge on any atom is 0.270 e. The molecule has 1 N–H and O–H groups in total. The summed E-state index contributed by atoms with van der Waals surface area (Å²) in [6.07, 6.45) is 0.684. The lowest BCUT2D eigenvalue weighted by Gasteiger charge is -2.17. The van der Waals surface area contributed by atoms with Gasteiger partial charge in [0.1, 0.15) is 0 Å². The van der Waals surface area contributed by atoms with Crippen molar-refractivity contribution < 1.29 is 4.92 Å². The second-order valence-corrected chi connectivity index (χ2v) is 3.98. The number of thioether (sulfide) groups is 1. The van der Waals surface area contributed by atoms with Crippen LogP contribution in [0.25, 0.3) is 0 Å². The number of nitrogens with one attached hydrogen (secondary N) is 1. The summed E-state index contributed by atoms with van der Waals surface area (Å²) < 4.78 is 0. The van der Waals surface area contributed by atoms with E-state index in [9.17, 15) is 10.1 Å². The third-order valence-corrected chi connectivity index (χ3v) is 3.06. The number of rotatable bonds is 2. The van der Waals surface area contributed by atoms with E-state index in [1.54, 1.807) is 12.1 Å². The number of anilines is 1. The van der Waals surface area contributed by atoms with E-state index in [0.717, 1.165) is 16.3 Å². The zero-order valence-electron chi connectivity index (χ0n) is 7.90. The lowest BCUT2D eigenvalue weighted by molar-refractivity contribution is -0.385. The normalized spacial score (nSPS) is 13.8. The van der Waals surface area contributed by atoms with E-state index < -0.39 is 0 Å². The largest absolute Gasteiger partial charge is 0.358 e. The standard InChI is InChI=1S/C10H9N2O2S/c1-2-7-6-15-10-5-8(12(13)14)3-4-9(10)11-7/h3-6,11H,1-2H2. The summed E-state index contributed by atoms with van der Waals surface area (Å²) in [5, 5.41) is 15.7. The summed E-state index contributed by atoms with van der Waals surface area (Å²) in [5.74, 6) is 0. The molecule has 0 aliphatic carbocycles. The van der Waals surface area contributed by atoms with Crippen molar-refractivity contribution in [1.29, 1.82) is 0 Å². The number of nitro groups is 1. The quantitative estimate of drug-likeness (QED) is 0.615. The van der Waals surface area contributed by atoms with Crippen molar-refractivity contribution in [2.75, 3.05) is 5.32 Å². The van der Waals surface area contributed by atoms with Crippen LogP contribution < -0.4 is 5.32 Å². The first kappa shape index (κ1) is 10.0. The molecule has 0 amide bonds. The van der Waals surface area contributed by atoms with Gasteiger partial charge in [0.15, 0.2) is 0 Å². The van der Waals surface area contributed by atoms with Crippen molar-refractivity contribution in [3.05, 3.63) is 46.3 Å². The van der Waals surface area contributed by atoms with Gasteiger partial charge < -0.3 is 5.32 Å². The summed E-state index contributed by atoms with van der Waals surface area (Å²) in [6, 6.07) is 4.80. The third-order valence-electron chi connectivity index (χ3n) is 2.07. The van der Waals surface area contributed by atoms with Crippen molar-refractivity contribution in [2.24, 2.45) is 0 Å². The van der Waals surface area contributed by atoms with Crippen molar-refractivity contribution in [1.82, 2.24) is 0 Å². The molecule has 0 atom stereocenters. The number of benzene rings is 1. The molecule has 1 aliphatic heterocycles. The molecule has 5 heteroatoms. The third kappa shape index (κ3) is 1.97. The lowest BCUT2D eigenvalue weighted by Crippen LogP contribution is -2.03. The molecule has 0 bridgehead atoms. The molecule has 1 aliphatic rings. The molecule has 0 spiro atoms. The summed E-state index contributed by atoms with van der Waals surface area (Å²) in [4.78, 5) is 11.0. The number of hydrogen-bond donors (Lipinski definition) is 1. The fourth-order valence-electron chi connectivity index (χ4n) is 1.28. The summed E-state index contributed by atoms with van der Waals surface area (Å²) >= 11 is 1.48. The van der Waals surface area contributed by atoms with Gasteiger partial charge in [0.05, 0.1) is 10.6 Å². The van der Waals surface area contributed by atoms with Crippen LogP contribution in [0.15, 0.2) is 34.2 Å². The van der Waals surface area contributed by atoms with Crippen LogP contribution >= 0.6 is 11.8 Å². The van der Waals surface area contributed by atoms with Gasteiger partial charge in [-0.3, -0.25) is 10.1 Å². The smallest absolute Gasteiger partial charge is 0.270 e. The van der Waals surface area contributed by atoms with E-state index in [4.69, 9.17) is 0 Å². The number of nitrogens with zero attached hydrogens (tertiary/aromatic N) is 1. The molecule has 1 aromatic carbocycles. The topological polar surface area (TPSA) is 55.2 Å². The SMILES string of the molecule is [CH2]CC1=CSc2cc([N+](=O)[O-])ccc2N1. The van der Waals surface area contributed by atoms with Gasteiger partial charge in [-0.15, -0.1) is 0 Å². The van der Waals surface area contributed by atoms with Crippen molar-refractivity contribution in [3.8, 4) is 0 Å². The Morgan fingerprint density at radius 1 is 1.53 bits per heavy atom. The summed E-state index contributed by atoms with van der Waals surface area (Å²) in [7, 11) is 0. The van der Waals surface area contributed by atoms with Crippen LogP contribution in [-0.2, 0) is 0 Å². The van der Waals surface area contributed by atoms with E-state index in [0.29, 0.717) is 6.42 Å². The van der Waals surface area contributed by atoms with Gasteiger partial charge in [0.2, 0.25) is 0 Å². The minimum absolute atomic E-state index is 0.120. The zero-order valence-corrected chi connectivity index (χ0v) is 8.71. The molecule has 0 unspecified atom stereocenters. The van der Waals surface area contributed by atoms with Crippen molar-refractivity contribution in [3.63, 3.8) is 0 Å². The highest BCUT2D eigenvalue weighted by molar-refractivity contribution is 8.02. The Kier molecular flexibility index (Phi) is 2.64. The molecule has 1 heterocycles. The van der Waals surface area contributed by atoms with E-state index >= 15 is 0 Å². The van der Waals surface area contributed by atoms with E-state index in [-0.39, 0.29) is 10.6 Å². The van der Waals surface area contributed by atoms with Crippen LogP contribution in [-0.4, -0.2) is 4.92 Å². The van der Waals surface area contributed by atoms with E-state index in [1.807, 2.05) is 5.41 Å². The Hall–Kier alpha value is -1.49. The number of fused-ring (bicyclic) bond motifs is 1. The van der Waals surface area contributed by atoms with Gasteiger partial charge in [-0.25, -0.2) is 0 Å². The maximum absolute atomic E-state index is 10.6. The molecule has 77 valence electrons. The Bertz CT molecular complexity index is 443. The lowest BCUT2D eigenvalue weighted by atomic mass is 10.2. The molecule has 0 aromatic heterocycles. The molecule has 0 saturated carbocycles. The van der Waals surface area contributed by atoms with Crippen LogP contribution in [0.1, 0.15) is 6.42 Å². The molecular formula is C10H9N2O2S. The fourth-order valence-corrected chi connectivity index (χ4v) is 2.16. The molecule has 0 saturated heterocycles. The number of nitro benzene ring substituents is 1. The highest BCUT2D eigenvalue weighted by Crippen LogP contribution is 2.36. The number of hydrogen-bond acceptors (Lipinski definition) is 4. The van der Waals surface area contributed by atoms with Gasteiger partial charge in [-0.2, -0.15) is 0 Å². The van der Waals surface area contributed by atoms with Gasteiger partial charge in [0, 0.05) is 22.7 Å². The highest BCUT2D eigenvalue weighted by Gasteiger charge is 2.14. The van der Waals surface area contributed by atoms with Crippen LogP contribution in [0.3, 0.4) is 0 Å². The van der Waals surface area contributed by atoms with Gasteiger partial charge >= 0.3 is 0 Å². The molecule has 1 aromatic rings. The monoisotopic (exact) mass is 221 g/mol. The zero-order chi connectivity index (χ0) is 10.8. The second-order valence-electron chi connectivity index (χ2n) is 3.07. The Morgan fingerprint density at radius 2 is 2.33 bits per heavy atom.